The molecule has 0 unspecified atom stereocenters. The Kier molecular flexibility index (Phi) is 4.76. The summed E-state index contributed by atoms with van der Waals surface area (Å²) in [6, 6.07) is 25.0. The molecular formula is C26H29NSi. The fraction of sp³-hybridized carbons (Fsp3) is 0.231. The second kappa shape index (κ2) is 7.10. The molecule has 3 aromatic carbocycles. The monoisotopic (exact) mass is 383 g/mol. The van der Waals surface area contributed by atoms with Crippen molar-refractivity contribution in [1.29, 1.82) is 0 Å². The Morgan fingerprint density at radius 3 is 2.07 bits per heavy atom. The normalized spacial score (nSPS) is 12.6. The summed E-state index contributed by atoms with van der Waals surface area (Å²) in [6.07, 6.45) is 2.27. The fourth-order valence-corrected chi connectivity index (χ4v) is 4.56. The molecule has 4 aromatic rings. The second-order valence-electron chi connectivity index (χ2n) is 9.03. The molecule has 0 saturated heterocycles. The van der Waals surface area contributed by atoms with Gasteiger partial charge >= 0.3 is 0 Å². The predicted molar refractivity (Wildman–Crippen MR) is 128 cm³/mol. The average molecular weight is 384 g/mol. The van der Waals surface area contributed by atoms with Gasteiger partial charge in [-0.2, -0.15) is 0 Å². The third-order valence-corrected chi connectivity index (χ3v) is 6.41. The number of nitrogens with zero attached hydrogens (tertiary/aromatic N) is 1. The van der Waals surface area contributed by atoms with E-state index in [2.05, 4.69) is 117 Å². The largest absolute Gasteiger partial charge is 0.338 e. The Morgan fingerprint density at radius 1 is 0.750 bits per heavy atom. The van der Waals surface area contributed by atoms with Gasteiger partial charge in [-0.3, -0.25) is 0 Å². The van der Waals surface area contributed by atoms with Gasteiger partial charge in [-0.15, -0.1) is 0 Å². The number of hydrogen-bond donors (Lipinski definition) is 0. The first-order valence-corrected chi connectivity index (χ1v) is 13.7. The van der Waals surface area contributed by atoms with Crippen molar-refractivity contribution in [1.82, 2.24) is 4.57 Å². The van der Waals surface area contributed by atoms with Crippen molar-refractivity contribution in [2.75, 3.05) is 0 Å². The summed E-state index contributed by atoms with van der Waals surface area (Å²) >= 11 is 0. The van der Waals surface area contributed by atoms with Crippen LogP contribution in [-0.4, -0.2) is 12.6 Å². The highest BCUT2D eigenvalue weighted by atomic mass is 28.3. The highest BCUT2D eigenvalue weighted by molar-refractivity contribution is 6.81. The molecule has 142 valence electrons. The molecule has 0 fully saturated rings. The quantitative estimate of drug-likeness (QED) is 0.315. The number of para-hydroxylation sites is 1. The van der Waals surface area contributed by atoms with Crippen LogP contribution in [0.2, 0.25) is 19.6 Å². The van der Waals surface area contributed by atoms with Crippen molar-refractivity contribution in [2.24, 2.45) is 0 Å². The molecule has 0 aliphatic heterocycles. The van der Waals surface area contributed by atoms with E-state index in [0.29, 0.717) is 6.04 Å². The molecule has 2 heteroatoms. The van der Waals surface area contributed by atoms with Crippen LogP contribution in [0.25, 0.3) is 39.0 Å². The molecule has 0 amide bonds. The van der Waals surface area contributed by atoms with Crippen LogP contribution >= 0.6 is 0 Å². The first-order valence-electron chi connectivity index (χ1n) is 10.2. The predicted octanol–water partition coefficient (Wildman–Crippen LogP) is 7.93. The Hall–Kier alpha value is -2.58. The molecule has 0 N–H and O–H groups in total. The van der Waals surface area contributed by atoms with E-state index in [1.165, 1.54) is 38.5 Å². The van der Waals surface area contributed by atoms with Crippen LogP contribution in [0.15, 0.2) is 72.4 Å². The van der Waals surface area contributed by atoms with E-state index >= 15 is 0 Å². The van der Waals surface area contributed by atoms with Gasteiger partial charge in [-0.25, -0.2) is 0 Å². The highest BCUT2D eigenvalue weighted by Crippen LogP contribution is 2.34. The number of rotatable bonds is 4. The van der Waals surface area contributed by atoms with Gasteiger partial charge in [0.1, 0.15) is 0 Å². The van der Waals surface area contributed by atoms with E-state index in [1.807, 2.05) is 0 Å². The van der Waals surface area contributed by atoms with Crippen molar-refractivity contribution in [3.63, 3.8) is 0 Å². The molecule has 0 aliphatic rings. The molecule has 0 saturated carbocycles. The third kappa shape index (κ3) is 3.57. The van der Waals surface area contributed by atoms with Gasteiger partial charge in [0.25, 0.3) is 0 Å². The summed E-state index contributed by atoms with van der Waals surface area (Å²) in [6.45, 7) is 11.6. The minimum absolute atomic E-state index is 0.436. The minimum Gasteiger partial charge on any atom is -0.338 e. The van der Waals surface area contributed by atoms with Crippen molar-refractivity contribution in [3.05, 3.63) is 78.0 Å². The van der Waals surface area contributed by atoms with Crippen LogP contribution in [0, 0.1) is 0 Å². The van der Waals surface area contributed by atoms with E-state index in [1.54, 1.807) is 0 Å². The first-order chi connectivity index (χ1) is 13.3. The zero-order chi connectivity index (χ0) is 19.9. The maximum atomic E-state index is 2.44. The maximum absolute atomic E-state index is 2.44. The second-order valence-corrected chi connectivity index (χ2v) is 14.1. The summed E-state index contributed by atoms with van der Waals surface area (Å²) in [5.74, 6) is 0. The lowest BCUT2D eigenvalue weighted by atomic mass is 10.0. The summed E-state index contributed by atoms with van der Waals surface area (Å²) in [5, 5.41) is 2.67. The van der Waals surface area contributed by atoms with Crippen molar-refractivity contribution >= 4 is 36.0 Å². The summed E-state index contributed by atoms with van der Waals surface area (Å²) in [7, 11) is -1.16. The summed E-state index contributed by atoms with van der Waals surface area (Å²) in [4.78, 5) is 0. The molecule has 0 spiro atoms. The molecular weight excluding hydrogens is 354 g/mol. The molecule has 0 radical (unpaired) electrons. The van der Waals surface area contributed by atoms with Gasteiger partial charge in [0, 0.05) is 27.8 Å². The zero-order valence-electron chi connectivity index (χ0n) is 17.5. The van der Waals surface area contributed by atoms with E-state index in [9.17, 15) is 0 Å². The van der Waals surface area contributed by atoms with Gasteiger partial charge in [0.2, 0.25) is 0 Å². The first kappa shape index (κ1) is 18.8. The van der Waals surface area contributed by atoms with Crippen LogP contribution < -0.4 is 0 Å². The summed E-state index contributed by atoms with van der Waals surface area (Å²) in [5.41, 5.74) is 8.86. The zero-order valence-corrected chi connectivity index (χ0v) is 18.5. The van der Waals surface area contributed by atoms with Crippen LogP contribution in [0.3, 0.4) is 0 Å². The van der Waals surface area contributed by atoms with Gasteiger partial charge in [0.15, 0.2) is 0 Å². The van der Waals surface area contributed by atoms with E-state index in [0.717, 1.165) is 0 Å². The maximum Gasteiger partial charge on any atom is 0.0687 e. The number of benzene rings is 3. The fourth-order valence-electron chi connectivity index (χ4n) is 3.87. The van der Waals surface area contributed by atoms with Crippen LogP contribution in [0.5, 0.6) is 0 Å². The third-order valence-electron chi connectivity index (χ3n) is 5.25. The van der Waals surface area contributed by atoms with Gasteiger partial charge in [0.05, 0.1) is 8.07 Å². The van der Waals surface area contributed by atoms with Crippen molar-refractivity contribution < 1.29 is 0 Å². The van der Waals surface area contributed by atoms with E-state index < -0.39 is 8.07 Å². The minimum atomic E-state index is -1.16. The lowest BCUT2D eigenvalue weighted by molar-refractivity contribution is 0.642. The molecule has 0 aliphatic carbocycles. The Balaban J connectivity index is 1.78. The number of hydrogen-bond acceptors (Lipinski definition) is 0. The molecule has 1 aromatic heterocycles. The Labute approximate surface area is 169 Å². The van der Waals surface area contributed by atoms with E-state index in [-0.39, 0.29) is 0 Å². The number of aromatic nitrogens is 1. The standard InChI is InChI=1S/C26H29NSi/c1-19(2)27-25-9-7-6-8-23(25)24-18-22(14-15-26(24)27)21-12-10-20(11-13-21)16-17-28(3,4)5/h6-19H,1-5H3/b17-16+. The molecule has 1 nitrogen and oxygen atoms in total. The topological polar surface area (TPSA) is 4.93 Å². The SMILES string of the molecule is CC(C)n1c2ccccc2c2cc(-c3ccc(/C=C/[Si](C)(C)C)cc3)ccc21. The van der Waals surface area contributed by atoms with Crippen LogP contribution in [0.4, 0.5) is 0 Å². The van der Waals surface area contributed by atoms with Gasteiger partial charge < -0.3 is 4.57 Å². The van der Waals surface area contributed by atoms with Gasteiger partial charge in [-0.1, -0.05) is 79.9 Å². The lowest BCUT2D eigenvalue weighted by Gasteiger charge is -2.11. The highest BCUT2D eigenvalue weighted by Gasteiger charge is 2.13. The molecule has 28 heavy (non-hydrogen) atoms. The molecule has 0 atom stereocenters. The number of fused-ring (bicyclic) bond motifs is 3. The van der Waals surface area contributed by atoms with Crippen molar-refractivity contribution in [3.8, 4) is 11.1 Å². The van der Waals surface area contributed by atoms with Crippen LogP contribution in [-0.2, 0) is 0 Å². The lowest BCUT2D eigenvalue weighted by Crippen LogP contribution is -2.15. The van der Waals surface area contributed by atoms with Gasteiger partial charge in [-0.05, 0) is 48.7 Å². The summed E-state index contributed by atoms with van der Waals surface area (Å²) < 4.78 is 2.44. The van der Waals surface area contributed by atoms with E-state index in [4.69, 9.17) is 0 Å². The average Bonchev–Trinajstić information content (AvgIpc) is 3.00. The molecule has 0 bridgehead atoms. The molecule has 1 heterocycles. The smallest absolute Gasteiger partial charge is 0.0687 e. The van der Waals surface area contributed by atoms with Crippen molar-refractivity contribution in [2.45, 2.75) is 39.5 Å². The Morgan fingerprint density at radius 2 is 1.39 bits per heavy atom. The Bertz CT molecular complexity index is 1150. The van der Waals surface area contributed by atoms with Crippen LogP contribution in [0.1, 0.15) is 25.5 Å². The molecule has 4 rings (SSSR count).